The van der Waals surface area contributed by atoms with Crippen molar-refractivity contribution in [3.05, 3.63) is 29.6 Å². The standard InChI is InChI=1S/C13H11F3N2O2/c14-13(15,16)6-18-10-4-3-8(12(19)20)5-9(10)17-11(18)7-1-2-7/h3-5,7H,1-2,6H2,(H,19,20). The fourth-order valence-electron chi connectivity index (χ4n) is 2.28. The monoisotopic (exact) mass is 284 g/mol. The van der Waals surface area contributed by atoms with Crippen LogP contribution in [0.4, 0.5) is 13.2 Å². The zero-order valence-electron chi connectivity index (χ0n) is 10.3. The number of hydrogen-bond acceptors (Lipinski definition) is 2. The van der Waals surface area contributed by atoms with E-state index >= 15 is 0 Å². The van der Waals surface area contributed by atoms with Crippen molar-refractivity contribution >= 4 is 17.0 Å². The van der Waals surface area contributed by atoms with E-state index in [1.165, 1.54) is 18.2 Å². The molecule has 1 aliphatic carbocycles. The summed E-state index contributed by atoms with van der Waals surface area (Å²) in [6, 6.07) is 4.01. The summed E-state index contributed by atoms with van der Waals surface area (Å²) in [7, 11) is 0. The SMILES string of the molecule is O=C(O)c1ccc2c(c1)nc(C1CC1)n2CC(F)(F)F. The molecule has 1 aromatic heterocycles. The van der Waals surface area contributed by atoms with Crippen LogP contribution < -0.4 is 0 Å². The summed E-state index contributed by atoms with van der Waals surface area (Å²) in [6.45, 7) is -1.10. The zero-order valence-corrected chi connectivity index (χ0v) is 10.3. The lowest BCUT2D eigenvalue weighted by atomic mass is 10.2. The average molecular weight is 284 g/mol. The lowest BCUT2D eigenvalue weighted by Crippen LogP contribution is -2.19. The maximum atomic E-state index is 12.7. The van der Waals surface area contributed by atoms with Crippen LogP contribution in [0, 0.1) is 0 Å². The molecule has 4 nitrogen and oxygen atoms in total. The van der Waals surface area contributed by atoms with Gasteiger partial charge in [0.2, 0.25) is 0 Å². The summed E-state index contributed by atoms with van der Waals surface area (Å²) in [5.74, 6) is -0.664. The van der Waals surface area contributed by atoms with Crippen molar-refractivity contribution in [2.24, 2.45) is 0 Å². The number of fused-ring (bicyclic) bond motifs is 1. The summed E-state index contributed by atoms with van der Waals surface area (Å²) in [5.41, 5.74) is 0.654. The number of halogens is 3. The number of carboxylic acids is 1. The second-order valence-corrected chi connectivity index (χ2v) is 4.95. The summed E-state index contributed by atoms with van der Waals surface area (Å²) in [6.07, 6.45) is -2.68. The molecule has 1 aliphatic rings. The Morgan fingerprint density at radius 1 is 1.40 bits per heavy atom. The molecule has 106 valence electrons. The third-order valence-corrected chi connectivity index (χ3v) is 3.30. The van der Waals surface area contributed by atoms with Gasteiger partial charge < -0.3 is 9.67 Å². The maximum absolute atomic E-state index is 12.7. The Balaban J connectivity index is 2.14. The molecule has 0 saturated heterocycles. The van der Waals surface area contributed by atoms with Crippen LogP contribution in [0.3, 0.4) is 0 Å². The highest BCUT2D eigenvalue weighted by molar-refractivity contribution is 5.92. The fourth-order valence-corrected chi connectivity index (χ4v) is 2.28. The Kier molecular flexibility index (Phi) is 2.74. The van der Waals surface area contributed by atoms with Gasteiger partial charge in [-0.15, -0.1) is 0 Å². The van der Waals surface area contributed by atoms with Gasteiger partial charge in [-0.1, -0.05) is 0 Å². The molecule has 0 spiro atoms. The predicted molar refractivity (Wildman–Crippen MR) is 64.7 cm³/mol. The van der Waals surface area contributed by atoms with Crippen molar-refractivity contribution in [2.45, 2.75) is 31.5 Å². The topological polar surface area (TPSA) is 55.1 Å². The first-order chi connectivity index (χ1) is 9.35. The number of nitrogens with zero attached hydrogens (tertiary/aromatic N) is 2. The van der Waals surface area contributed by atoms with Crippen LogP contribution in [0.5, 0.6) is 0 Å². The highest BCUT2D eigenvalue weighted by Crippen LogP contribution is 2.41. The van der Waals surface area contributed by atoms with Crippen LogP contribution in [-0.2, 0) is 6.54 Å². The number of aromatic carboxylic acids is 1. The molecule has 3 rings (SSSR count). The minimum absolute atomic E-state index is 0.0245. The molecule has 0 radical (unpaired) electrons. The van der Waals surface area contributed by atoms with Gasteiger partial charge in [0.25, 0.3) is 0 Å². The van der Waals surface area contributed by atoms with E-state index in [4.69, 9.17) is 5.11 Å². The first-order valence-corrected chi connectivity index (χ1v) is 6.15. The molecule has 2 aromatic rings. The molecule has 1 fully saturated rings. The van der Waals surface area contributed by atoms with Crippen LogP contribution in [0.1, 0.15) is 34.9 Å². The van der Waals surface area contributed by atoms with E-state index in [0.717, 1.165) is 17.4 Å². The average Bonchev–Trinajstić information content (AvgIpc) is 3.12. The van der Waals surface area contributed by atoms with Gasteiger partial charge in [-0.05, 0) is 31.0 Å². The second-order valence-electron chi connectivity index (χ2n) is 4.95. The Morgan fingerprint density at radius 3 is 2.65 bits per heavy atom. The van der Waals surface area contributed by atoms with E-state index < -0.39 is 18.7 Å². The minimum atomic E-state index is -4.33. The Labute approximate surface area is 111 Å². The van der Waals surface area contributed by atoms with Crippen molar-refractivity contribution in [2.75, 3.05) is 0 Å². The lowest BCUT2D eigenvalue weighted by Gasteiger charge is -2.11. The van der Waals surface area contributed by atoms with Crippen molar-refractivity contribution in [3.8, 4) is 0 Å². The van der Waals surface area contributed by atoms with Crippen molar-refractivity contribution in [3.63, 3.8) is 0 Å². The number of aromatic nitrogens is 2. The summed E-state index contributed by atoms with van der Waals surface area (Å²) < 4.78 is 39.2. The Morgan fingerprint density at radius 2 is 2.10 bits per heavy atom. The first-order valence-electron chi connectivity index (χ1n) is 6.15. The molecule has 0 unspecified atom stereocenters. The fraction of sp³-hybridized carbons (Fsp3) is 0.385. The first kappa shape index (κ1) is 13.0. The van der Waals surface area contributed by atoms with E-state index in [1.807, 2.05) is 0 Å². The van der Waals surface area contributed by atoms with Crippen molar-refractivity contribution in [1.29, 1.82) is 0 Å². The smallest absolute Gasteiger partial charge is 0.406 e. The van der Waals surface area contributed by atoms with Gasteiger partial charge in [0.15, 0.2) is 0 Å². The largest absolute Gasteiger partial charge is 0.478 e. The molecule has 20 heavy (non-hydrogen) atoms. The van der Waals surface area contributed by atoms with Gasteiger partial charge in [0.05, 0.1) is 16.6 Å². The molecular formula is C13H11F3N2O2. The summed E-state index contributed by atoms with van der Waals surface area (Å²) in [4.78, 5) is 15.1. The van der Waals surface area contributed by atoms with Crippen LogP contribution >= 0.6 is 0 Å². The summed E-state index contributed by atoms with van der Waals surface area (Å²) in [5, 5.41) is 8.91. The number of benzene rings is 1. The molecule has 0 atom stereocenters. The molecule has 0 bridgehead atoms. The number of carboxylic acid groups (broad SMARTS) is 1. The number of carbonyl (C=O) groups is 1. The summed E-state index contributed by atoms with van der Waals surface area (Å²) >= 11 is 0. The van der Waals surface area contributed by atoms with E-state index in [2.05, 4.69) is 4.98 Å². The number of imidazole rings is 1. The molecule has 0 amide bonds. The van der Waals surface area contributed by atoms with Crippen molar-refractivity contribution in [1.82, 2.24) is 9.55 Å². The quantitative estimate of drug-likeness (QED) is 0.941. The zero-order chi connectivity index (χ0) is 14.5. The predicted octanol–water partition coefficient (Wildman–Crippen LogP) is 3.17. The third-order valence-electron chi connectivity index (χ3n) is 3.30. The van der Waals surface area contributed by atoms with E-state index in [1.54, 1.807) is 0 Å². The number of alkyl halides is 3. The molecule has 7 heteroatoms. The van der Waals surface area contributed by atoms with Crippen LogP contribution in [0.2, 0.25) is 0 Å². The molecular weight excluding hydrogens is 273 g/mol. The minimum Gasteiger partial charge on any atom is -0.478 e. The van der Waals surface area contributed by atoms with Crippen LogP contribution in [-0.4, -0.2) is 26.8 Å². The molecule has 1 heterocycles. The number of hydrogen-bond donors (Lipinski definition) is 1. The Hall–Kier alpha value is -2.05. The van der Waals surface area contributed by atoms with Gasteiger partial charge in [0, 0.05) is 5.92 Å². The van der Waals surface area contributed by atoms with Gasteiger partial charge in [-0.3, -0.25) is 0 Å². The third kappa shape index (κ3) is 2.35. The van der Waals surface area contributed by atoms with Gasteiger partial charge >= 0.3 is 12.1 Å². The van der Waals surface area contributed by atoms with E-state index in [-0.39, 0.29) is 11.5 Å². The van der Waals surface area contributed by atoms with Gasteiger partial charge in [-0.2, -0.15) is 13.2 Å². The lowest BCUT2D eigenvalue weighted by molar-refractivity contribution is -0.140. The maximum Gasteiger partial charge on any atom is 0.406 e. The van der Waals surface area contributed by atoms with E-state index in [0.29, 0.717) is 16.9 Å². The second kappa shape index (κ2) is 4.22. The molecule has 1 saturated carbocycles. The molecule has 0 aliphatic heterocycles. The molecule has 1 N–H and O–H groups in total. The normalized spacial score (nSPS) is 15.8. The highest BCUT2D eigenvalue weighted by atomic mass is 19.4. The number of rotatable bonds is 3. The Bertz CT molecular complexity index is 687. The van der Waals surface area contributed by atoms with Crippen LogP contribution in [0.15, 0.2) is 18.2 Å². The molecule has 1 aromatic carbocycles. The van der Waals surface area contributed by atoms with Crippen molar-refractivity contribution < 1.29 is 23.1 Å². The van der Waals surface area contributed by atoms with E-state index in [9.17, 15) is 18.0 Å². The van der Waals surface area contributed by atoms with Crippen LogP contribution in [0.25, 0.3) is 11.0 Å². The van der Waals surface area contributed by atoms with Gasteiger partial charge in [0.1, 0.15) is 12.4 Å². The highest BCUT2D eigenvalue weighted by Gasteiger charge is 2.35. The van der Waals surface area contributed by atoms with Gasteiger partial charge in [-0.25, -0.2) is 9.78 Å².